The number of para-hydroxylation sites is 1. The van der Waals surface area contributed by atoms with Crippen LogP contribution in [0.25, 0.3) is 6.08 Å². The first kappa shape index (κ1) is 24.1. The third-order valence-corrected chi connectivity index (χ3v) is 5.60. The fourth-order valence-electron chi connectivity index (χ4n) is 3.07. The zero-order chi connectivity index (χ0) is 24.0. The second-order valence-corrected chi connectivity index (χ2v) is 7.67. The molecule has 2 N–H and O–H groups in total. The highest BCUT2D eigenvalue weighted by Crippen LogP contribution is 2.42. The Kier molecular flexibility index (Phi) is 7.89. The van der Waals surface area contributed by atoms with Crippen molar-refractivity contribution in [3.05, 3.63) is 58.2 Å². The molecule has 1 aliphatic heterocycles. The number of benzene rings is 2. The number of aliphatic imine (C=N–C) groups is 1. The van der Waals surface area contributed by atoms with Crippen molar-refractivity contribution in [1.82, 2.24) is 0 Å². The van der Waals surface area contributed by atoms with Crippen LogP contribution >= 0.6 is 11.8 Å². The maximum Gasteiger partial charge on any atom is 0.344 e. The molecule has 0 saturated carbocycles. The van der Waals surface area contributed by atoms with Gasteiger partial charge in [0.2, 0.25) is 0 Å². The van der Waals surface area contributed by atoms with Crippen LogP contribution in [0.3, 0.4) is 0 Å². The maximum absolute atomic E-state index is 12.6. The second kappa shape index (κ2) is 10.8. The highest BCUT2D eigenvalue weighted by molar-refractivity contribution is 8.18. The minimum absolute atomic E-state index is 0.0525. The Bertz CT molecular complexity index is 1140. The summed E-state index contributed by atoms with van der Waals surface area (Å²) in [6.45, 7) is 4.02. The lowest BCUT2D eigenvalue weighted by atomic mass is 10.1. The number of carbonyl (C=O) groups excluding carboxylic acids is 1. The van der Waals surface area contributed by atoms with E-state index in [4.69, 9.17) is 18.9 Å². The molecule has 0 unspecified atom stereocenters. The number of thioether (sulfide) groups is 1. The Balaban J connectivity index is 2.07. The number of carbonyl (C=O) groups is 1. The number of aliphatic hydroxyl groups excluding tert-OH is 1. The Hall–Kier alpha value is -3.59. The van der Waals surface area contributed by atoms with Crippen molar-refractivity contribution in [2.75, 3.05) is 27.4 Å². The van der Waals surface area contributed by atoms with Gasteiger partial charge in [-0.1, -0.05) is 23.9 Å². The molecule has 0 radical (unpaired) electrons. The molecule has 1 aliphatic rings. The van der Waals surface area contributed by atoms with Crippen molar-refractivity contribution in [2.45, 2.75) is 13.8 Å². The van der Waals surface area contributed by atoms with Gasteiger partial charge in [0.05, 0.1) is 38.0 Å². The van der Waals surface area contributed by atoms with E-state index in [0.717, 1.165) is 11.8 Å². The number of rotatable bonds is 8. The van der Waals surface area contributed by atoms with Gasteiger partial charge in [-0.25, -0.2) is 9.79 Å². The molecular formula is C24H25NO7S. The molecule has 9 heteroatoms. The molecule has 3 rings (SSSR count). The molecule has 174 valence electrons. The summed E-state index contributed by atoms with van der Waals surface area (Å²) >= 11 is 1.08. The molecule has 2 aromatic carbocycles. The zero-order valence-electron chi connectivity index (χ0n) is 18.7. The molecule has 0 spiro atoms. The third kappa shape index (κ3) is 5.25. The van der Waals surface area contributed by atoms with Gasteiger partial charge in [0.15, 0.2) is 23.0 Å². The standard InChI is InChI=1S/C24H25NO7S/c1-5-31-17-9-7-8-14(21(17)26)12-19-22(27)20(24(28)32-6-2)23(33-19)25-15-10-11-16(29-3)18(13-15)30-4/h7-13,26-27H,5-6H2,1-4H3. The molecule has 2 aromatic rings. The van der Waals surface area contributed by atoms with Crippen LogP contribution in [0.5, 0.6) is 23.0 Å². The smallest absolute Gasteiger partial charge is 0.344 e. The average Bonchev–Trinajstić information content (AvgIpc) is 3.11. The molecule has 1 heterocycles. The van der Waals surface area contributed by atoms with E-state index < -0.39 is 5.97 Å². The van der Waals surface area contributed by atoms with E-state index >= 15 is 0 Å². The summed E-state index contributed by atoms with van der Waals surface area (Å²) in [6.07, 6.45) is 1.56. The van der Waals surface area contributed by atoms with Gasteiger partial charge in [-0.3, -0.25) is 0 Å². The monoisotopic (exact) mass is 471 g/mol. The maximum atomic E-state index is 12.6. The lowest BCUT2D eigenvalue weighted by Gasteiger charge is -2.08. The molecule has 33 heavy (non-hydrogen) atoms. The SMILES string of the molecule is CCOC(=O)C1=C(O)C(=Cc2cccc(OCC)c2O)SC1=Nc1ccc(OC)c(OC)c1. The van der Waals surface area contributed by atoms with Gasteiger partial charge in [-0.05, 0) is 38.1 Å². The lowest BCUT2D eigenvalue weighted by Crippen LogP contribution is -2.12. The first-order chi connectivity index (χ1) is 15.9. The molecule has 0 aliphatic carbocycles. The molecular weight excluding hydrogens is 446 g/mol. The van der Waals surface area contributed by atoms with Crippen LogP contribution in [0.15, 0.2) is 57.6 Å². The largest absolute Gasteiger partial charge is 0.506 e. The highest BCUT2D eigenvalue weighted by Gasteiger charge is 2.33. The summed E-state index contributed by atoms with van der Waals surface area (Å²) in [5.74, 6) is 0.291. The number of nitrogens with zero attached hydrogens (tertiary/aromatic N) is 1. The minimum atomic E-state index is -0.697. The number of hydrogen-bond acceptors (Lipinski definition) is 9. The number of ether oxygens (including phenoxy) is 4. The van der Waals surface area contributed by atoms with Gasteiger partial charge in [-0.2, -0.15) is 0 Å². The lowest BCUT2D eigenvalue weighted by molar-refractivity contribution is -0.138. The number of aromatic hydroxyl groups is 1. The fourth-order valence-corrected chi connectivity index (χ4v) is 4.10. The molecule has 8 nitrogen and oxygen atoms in total. The van der Waals surface area contributed by atoms with E-state index in [1.807, 2.05) is 6.92 Å². The van der Waals surface area contributed by atoms with Crippen molar-refractivity contribution < 1.29 is 34.0 Å². The molecule has 0 atom stereocenters. The Morgan fingerprint density at radius 3 is 2.45 bits per heavy atom. The number of methoxy groups -OCH3 is 2. The van der Waals surface area contributed by atoms with Gasteiger partial charge in [-0.15, -0.1) is 0 Å². The van der Waals surface area contributed by atoms with Crippen molar-refractivity contribution >= 4 is 34.5 Å². The van der Waals surface area contributed by atoms with E-state index in [9.17, 15) is 15.0 Å². The predicted octanol–water partition coefficient (Wildman–Crippen LogP) is 5.00. The zero-order valence-corrected chi connectivity index (χ0v) is 19.6. The molecule has 0 aromatic heterocycles. The van der Waals surface area contributed by atoms with Gasteiger partial charge in [0, 0.05) is 11.6 Å². The number of hydrogen-bond donors (Lipinski definition) is 2. The summed E-state index contributed by atoms with van der Waals surface area (Å²) in [7, 11) is 3.04. The minimum Gasteiger partial charge on any atom is -0.506 e. The summed E-state index contributed by atoms with van der Waals surface area (Å²) in [6, 6.07) is 10.1. The second-order valence-electron chi connectivity index (χ2n) is 6.64. The van der Waals surface area contributed by atoms with Crippen LogP contribution in [0.4, 0.5) is 5.69 Å². The Morgan fingerprint density at radius 2 is 1.79 bits per heavy atom. The topological polar surface area (TPSA) is 107 Å². The number of esters is 1. The summed E-state index contributed by atoms with van der Waals surface area (Å²) in [5, 5.41) is 21.6. The molecule has 0 amide bonds. The van der Waals surface area contributed by atoms with Crippen LogP contribution < -0.4 is 14.2 Å². The number of phenols is 1. The van der Waals surface area contributed by atoms with Crippen LogP contribution in [0.2, 0.25) is 0 Å². The quantitative estimate of drug-likeness (QED) is 0.518. The number of phenolic OH excluding ortho intramolecular Hbond substituents is 1. The van der Waals surface area contributed by atoms with Crippen LogP contribution in [-0.4, -0.2) is 48.7 Å². The van der Waals surface area contributed by atoms with Crippen LogP contribution in [0.1, 0.15) is 19.4 Å². The van der Waals surface area contributed by atoms with Crippen molar-refractivity contribution in [1.29, 1.82) is 0 Å². The van der Waals surface area contributed by atoms with Gasteiger partial charge >= 0.3 is 5.97 Å². The van der Waals surface area contributed by atoms with E-state index in [0.29, 0.717) is 40.0 Å². The first-order valence-electron chi connectivity index (χ1n) is 10.2. The normalized spacial score (nSPS) is 15.8. The molecule has 0 saturated heterocycles. The van der Waals surface area contributed by atoms with E-state index in [1.165, 1.54) is 14.2 Å². The summed E-state index contributed by atoms with van der Waals surface area (Å²) < 4.78 is 21.1. The third-order valence-electron chi connectivity index (χ3n) is 4.58. The fraction of sp³-hybridized carbons (Fsp3) is 0.250. The Labute approximate surface area is 196 Å². The van der Waals surface area contributed by atoms with Gasteiger partial charge < -0.3 is 29.2 Å². The van der Waals surface area contributed by atoms with E-state index in [-0.39, 0.29) is 28.7 Å². The first-order valence-corrected chi connectivity index (χ1v) is 11.0. The number of aliphatic hydroxyl groups is 1. The Morgan fingerprint density at radius 1 is 1.03 bits per heavy atom. The van der Waals surface area contributed by atoms with Crippen molar-refractivity contribution in [2.24, 2.45) is 4.99 Å². The molecule has 0 fully saturated rings. The van der Waals surface area contributed by atoms with Crippen LogP contribution in [-0.2, 0) is 9.53 Å². The summed E-state index contributed by atoms with van der Waals surface area (Å²) in [4.78, 5) is 17.5. The van der Waals surface area contributed by atoms with Gasteiger partial charge in [0.25, 0.3) is 0 Å². The van der Waals surface area contributed by atoms with E-state index in [2.05, 4.69) is 4.99 Å². The van der Waals surface area contributed by atoms with E-state index in [1.54, 1.807) is 49.4 Å². The predicted molar refractivity (Wildman–Crippen MR) is 128 cm³/mol. The van der Waals surface area contributed by atoms with Gasteiger partial charge in [0.1, 0.15) is 16.4 Å². The van der Waals surface area contributed by atoms with Crippen molar-refractivity contribution in [3.63, 3.8) is 0 Å². The van der Waals surface area contributed by atoms with Crippen LogP contribution in [0, 0.1) is 0 Å². The molecule has 0 bridgehead atoms. The van der Waals surface area contributed by atoms with Crippen molar-refractivity contribution in [3.8, 4) is 23.0 Å². The average molecular weight is 472 g/mol. The summed E-state index contributed by atoms with van der Waals surface area (Å²) in [5.41, 5.74) is 0.862. The highest BCUT2D eigenvalue weighted by atomic mass is 32.2.